The molecule has 134 valence electrons. The van der Waals surface area contributed by atoms with Crippen LogP contribution in [0.2, 0.25) is 0 Å². The highest BCUT2D eigenvalue weighted by molar-refractivity contribution is 5.74. The number of hydrogen-bond acceptors (Lipinski definition) is 5. The minimum Gasteiger partial charge on any atom is -0.367 e. The first-order valence-electron chi connectivity index (χ1n) is 9.14. The molecular weight excluding hydrogens is 316 g/mol. The summed E-state index contributed by atoms with van der Waals surface area (Å²) in [6, 6.07) is 6.09. The van der Waals surface area contributed by atoms with Crippen LogP contribution in [-0.2, 0) is 0 Å². The highest BCUT2D eigenvalue weighted by atomic mass is 16.2. The smallest absolute Gasteiger partial charge is 0.317 e. The van der Waals surface area contributed by atoms with Crippen LogP contribution >= 0.6 is 0 Å². The minimum absolute atomic E-state index is 0.00669. The van der Waals surface area contributed by atoms with Crippen molar-refractivity contribution in [1.82, 2.24) is 20.1 Å². The number of pyridine rings is 1. The summed E-state index contributed by atoms with van der Waals surface area (Å²) in [7, 11) is 0. The molecule has 2 amide bonds. The lowest BCUT2D eigenvalue weighted by Gasteiger charge is -2.37. The molecule has 0 aliphatic carbocycles. The third kappa shape index (κ3) is 4.60. The fourth-order valence-corrected chi connectivity index (χ4v) is 3.64. The Labute approximate surface area is 149 Å². The number of likely N-dealkylation sites (tertiary alicyclic amines) is 2. The largest absolute Gasteiger partial charge is 0.367 e. The van der Waals surface area contributed by atoms with Crippen molar-refractivity contribution in [2.45, 2.75) is 31.7 Å². The summed E-state index contributed by atoms with van der Waals surface area (Å²) in [5.41, 5.74) is 0.512. The average Bonchev–Trinajstić information content (AvgIpc) is 3.20. The second kappa shape index (κ2) is 8.67. The summed E-state index contributed by atoms with van der Waals surface area (Å²) in [5.74, 6) is 0.561. The molecule has 3 heterocycles. The van der Waals surface area contributed by atoms with Crippen LogP contribution in [0.3, 0.4) is 0 Å². The molecule has 0 radical (unpaired) electrons. The van der Waals surface area contributed by atoms with Gasteiger partial charge in [-0.1, -0.05) is 0 Å². The summed E-state index contributed by atoms with van der Waals surface area (Å²) in [5, 5.41) is 15.1. The van der Waals surface area contributed by atoms with Crippen molar-refractivity contribution >= 4 is 11.8 Å². The van der Waals surface area contributed by atoms with Gasteiger partial charge in [-0.15, -0.1) is 0 Å². The Morgan fingerprint density at radius 3 is 2.92 bits per heavy atom. The van der Waals surface area contributed by atoms with E-state index in [-0.39, 0.29) is 6.03 Å². The fourth-order valence-electron chi connectivity index (χ4n) is 3.64. The number of nitrogens with zero attached hydrogens (tertiary/aromatic N) is 4. The number of anilines is 1. The van der Waals surface area contributed by atoms with E-state index in [0.717, 1.165) is 19.5 Å². The summed E-state index contributed by atoms with van der Waals surface area (Å²) < 4.78 is 0. The number of aromatic nitrogens is 1. The third-order valence-corrected chi connectivity index (χ3v) is 4.96. The van der Waals surface area contributed by atoms with Gasteiger partial charge in [0.1, 0.15) is 11.9 Å². The van der Waals surface area contributed by atoms with E-state index in [1.165, 1.54) is 32.4 Å². The normalized spacial score (nSPS) is 20.9. The van der Waals surface area contributed by atoms with Crippen LogP contribution in [0.1, 0.15) is 31.2 Å². The molecule has 1 aromatic rings. The molecule has 1 atom stereocenters. The van der Waals surface area contributed by atoms with Gasteiger partial charge in [0, 0.05) is 38.4 Å². The van der Waals surface area contributed by atoms with Gasteiger partial charge in [0.25, 0.3) is 0 Å². The van der Waals surface area contributed by atoms with Gasteiger partial charge in [-0.25, -0.2) is 9.78 Å². The van der Waals surface area contributed by atoms with Crippen LogP contribution in [0.15, 0.2) is 18.3 Å². The molecule has 0 bridgehead atoms. The first-order chi connectivity index (χ1) is 12.3. The number of nitriles is 1. The maximum atomic E-state index is 12.4. The van der Waals surface area contributed by atoms with Crippen LogP contribution in [0.4, 0.5) is 10.6 Å². The SMILES string of the molecule is N#Cc1cccnc1NCCNC(=O)N1CCC[C@@H](N2CCCC2)C1. The highest BCUT2D eigenvalue weighted by Gasteiger charge is 2.28. The van der Waals surface area contributed by atoms with Crippen LogP contribution < -0.4 is 10.6 Å². The second-order valence-electron chi connectivity index (χ2n) is 6.66. The lowest BCUT2D eigenvalue weighted by molar-refractivity contribution is 0.125. The number of piperidine rings is 1. The first-order valence-corrected chi connectivity index (χ1v) is 9.14. The molecule has 25 heavy (non-hydrogen) atoms. The first kappa shape index (κ1) is 17.5. The predicted molar refractivity (Wildman–Crippen MR) is 96.2 cm³/mol. The van der Waals surface area contributed by atoms with Crippen LogP contribution in [0.5, 0.6) is 0 Å². The van der Waals surface area contributed by atoms with Crippen molar-refractivity contribution in [3.63, 3.8) is 0 Å². The van der Waals surface area contributed by atoms with Gasteiger partial charge in [-0.2, -0.15) is 5.26 Å². The van der Waals surface area contributed by atoms with Crippen LogP contribution in [-0.4, -0.2) is 66.1 Å². The van der Waals surface area contributed by atoms with E-state index in [9.17, 15) is 4.79 Å². The zero-order valence-corrected chi connectivity index (χ0v) is 14.6. The van der Waals surface area contributed by atoms with E-state index in [1.54, 1.807) is 18.3 Å². The van der Waals surface area contributed by atoms with Crippen molar-refractivity contribution < 1.29 is 4.79 Å². The number of rotatable bonds is 5. The summed E-state index contributed by atoms with van der Waals surface area (Å²) in [6.07, 6.45) is 6.49. The molecule has 7 heteroatoms. The number of carbonyl (C=O) groups is 1. The van der Waals surface area contributed by atoms with Gasteiger partial charge in [0.15, 0.2) is 0 Å². The average molecular weight is 342 g/mol. The molecular formula is C18H26N6O. The van der Waals surface area contributed by atoms with Gasteiger partial charge < -0.3 is 15.5 Å². The molecule has 2 saturated heterocycles. The molecule has 3 rings (SSSR count). The van der Waals surface area contributed by atoms with Crippen molar-refractivity contribution in [2.24, 2.45) is 0 Å². The Hall–Kier alpha value is -2.33. The Bertz CT molecular complexity index is 622. The quantitative estimate of drug-likeness (QED) is 0.795. The number of amides is 2. The van der Waals surface area contributed by atoms with E-state index in [1.807, 2.05) is 4.90 Å². The van der Waals surface area contributed by atoms with Gasteiger partial charge in [0.05, 0.1) is 5.56 Å². The lowest BCUT2D eigenvalue weighted by Crippen LogP contribution is -2.52. The molecule has 0 spiro atoms. The lowest BCUT2D eigenvalue weighted by atomic mass is 10.0. The van der Waals surface area contributed by atoms with Gasteiger partial charge in [-0.05, 0) is 50.9 Å². The van der Waals surface area contributed by atoms with Crippen molar-refractivity contribution in [1.29, 1.82) is 5.26 Å². The van der Waals surface area contributed by atoms with Crippen LogP contribution in [0.25, 0.3) is 0 Å². The molecule has 0 unspecified atom stereocenters. The molecule has 2 N–H and O–H groups in total. The monoisotopic (exact) mass is 342 g/mol. The predicted octanol–water partition coefficient (Wildman–Crippen LogP) is 1.63. The Morgan fingerprint density at radius 2 is 2.12 bits per heavy atom. The topological polar surface area (TPSA) is 84.3 Å². The zero-order chi connectivity index (χ0) is 17.5. The Morgan fingerprint density at radius 1 is 1.28 bits per heavy atom. The van der Waals surface area contributed by atoms with Crippen molar-refractivity contribution in [3.05, 3.63) is 23.9 Å². The highest BCUT2D eigenvalue weighted by Crippen LogP contribution is 2.20. The molecule has 0 aromatic carbocycles. The van der Waals surface area contributed by atoms with Crippen molar-refractivity contribution in [3.8, 4) is 6.07 Å². The molecule has 2 aliphatic rings. The van der Waals surface area contributed by atoms with E-state index in [2.05, 4.69) is 26.6 Å². The maximum Gasteiger partial charge on any atom is 0.317 e. The van der Waals surface area contributed by atoms with Gasteiger partial charge in [-0.3, -0.25) is 4.90 Å². The second-order valence-corrected chi connectivity index (χ2v) is 6.66. The van der Waals surface area contributed by atoms with E-state index < -0.39 is 0 Å². The Balaban J connectivity index is 1.41. The fraction of sp³-hybridized carbons (Fsp3) is 0.611. The third-order valence-electron chi connectivity index (χ3n) is 4.96. The minimum atomic E-state index is 0.00669. The summed E-state index contributed by atoms with van der Waals surface area (Å²) >= 11 is 0. The summed E-state index contributed by atoms with van der Waals surface area (Å²) in [4.78, 5) is 21.0. The molecule has 2 fully saturated rings. The van der Waals surface area contributed by atoms with E-state index in [4.69, 9.17) is 5.26 Å². The van der Waals surface area contributed by atoms with Crippen molar-refractivity contribution in [2.75, 3.05) is 44.6 Å². The molecule has 1 aromatic heterocycles. The van der Waals surface area contributed by atoms with Crippen LogP contribution in [0, 0.1) is 11.3 Å². The number of hydrogen-bond donors (Lipinski definition) is 2. The summed E-state index contributed by atoms with van der Waals surface area (Å²) in [6.45, 7) is 5.07. The molecule has 0 saturated carbocycles. The molecule has 7 nitrogen and oxygen atoms in total. The van der Waals surface area contributed by atoms with E-state index in [0.29, 0.717) is 30.5 Å². The standard InChI is InChI=1S/C18H26N6O/c19-13-15-5-3-7-20-17(15)21-8-9-22-18(25)24-12-4-6-16(14-24)23-10-1-2-11-23/h3,5,7,16H,1-2,4,6,8-12,14H2,(H,20,21)(H,22,25)/t16-/m1/s1. The zero-order valence-electron chi connectivity index (χ0n) is 14.6. The Kier molecular flexibility index (Phi) is 6.07. The number of nitrogens with one attached hydrogen (secondary N) is 2. The molecule has 2 aliphatic heterocycles. The number of urea groups is 1. The number of carbonyl (C=O) groups excluding carboxylic acids is 1. The van der Waals surface area contributed by atoms with Gasteiger partial charge >= 0.3 is 6.03 Å². The van der Waals surface area contributed by atoms with Gasteiger partial charge in [0.2, 0.25) is 0 Å². The van der Waals surface area contributed by atoms with E-state index >= 15 is 0 Å². The maximum absolute atomic E-state index is 12.4.